The summed E-state index contributed by atoms with van der Waals surface area (Å²) in [6, 6.07) is 39.9. The Balaban J connectivity index is 0.855. The highest BCUT2D eigenvalue weighted by Gasteiger charge is 2.44. The Morgan fingerprint density at radius 1 is 0.483 bits per heavy atom. The van der Waals surface area contributed by atoms with E-state index < -0.39 is 29.3 Å². The quantitative estimate of drug-likeness (QED) is 0.0146. The molecule has 0 aliphatic heterocycles. The van der Waals surface area contributed by atoms with Crippen LogP contribution in [0.1, 0.15) is 201 Å². The van der Waals surface area contributed by atoms with Gasteiger partial charge in [0.2, 0.25) is 11.8 Å². The molecular weight excluding hydrogens is 1140 g/mol. The van der Waals surface area contributed by atoms with E-state index in [9.17, 15) is 24.0 Å². The van der Waals surface area contributed by atoms with E-state index in [2.05, 4.69) is 40.2 Å². The molecule has 15 heteroatoms. The third-order valence-corrected chi connectivity index (χ3v) is 16.3. The van der Waals surface area contributed by atoms with Crippen LogP contribution in [-0.2, 0) is 53.2 Å². The number of hydrogen-bond acceptors (Lipinski definition) is 11. The molecule has 1 aliphatic rings. The second kappa shape index (κ2) is 40.2. The molecule has 3 N–H and O–H groups in total. The lowest BCUT2D eigenvalue weighted by atomic mass is 9.79. The summed E-state index contributed by atoms with van der Waals surface area (Å²) in [5.41, 5.74) is 5.78. The molecule has 0 fully saturated rings. The fourth-order valence-electron chi connectivity index (χ4n) is 11.3. The van der Waals surface area contributed by atoms with Gasteiger partial charge in [0.1, 0.15) is 18.2 Å². The average molecular weight is 1240 g/mol. The minimum Gasteiger partial charge on any atom is -0.460 e. The van der Waals surface area contributed by atoms with Crippen molar-refractivity contribution >= 4 is 41.4 Å². The summed E-state index contributed by atoms with van der Waals surface area (Å²) in [5.74, 6) is -1.29. The molecule has 1 aliphatic carbocycles. The van der Waals surface area contributed by atoms with Crippen molar-refractivity contribution in [2.45, 2.75) is 192 Å². The van der Waals surface area contributed by atoms with Gasteiger partial charge >= 0.3 is 18.0 Å². The van der Waals surface area contributed by atoms with Gasteiger partial charge in [0.25, 0.3) is 0 Å². The number of rotatable bonds is 44. The van der Waals surface area contributed by atoms with E-state index >= 15 is 0 Å². The molecule has 0 aromatic heterocycles. The Labute approximate surface area is 535 Å². The van der Waals surface area contributed by atoms with Gasteiger partial charge in [-0.25, -0.2) is 9.59 Å². The number of carbonyl (C=O) groups is 5. The van der Waals surface area contributed by atoms with E-state index in [1.807, 2.05) is 125 Å². The Morgan fingerprint density at radius 3 is 1.51 bits per heavy atom. The van der Waals surface area contributed by atoms with Crippen molar-refractivity contribution in [1.82, 2.24) is 16.0 Å². The summed E-state index contributed by atoms with van der Waals surface area (Å²) in [4.78, 5) is 66.3. The van der Waals surface area contributed by atoms with E-state index in [1.165, 1.54) is 86.5 Å². The molecule has 0 saturated carbocycles. The van der Waals surface area contributed by atoms with Gasteiger partial charge < -0.3 is 44.4 Å². The fraction of sp³-hybridized carbons (Fsp3) is 0.527. The number of esters is 2. The molecule has 0 saturated heterocycles. The van der Waals surface area contributed by atoms with Crippen LogP contribution in [0.25, 0.3) is 11.1 Å². The third kappa shape index (κ3) is 25.7. The monoisotopic (exact) mass is 1240 g/mol. The first kappa shape index (κ1) is 71.5. The van der Waals surface area contributed by atoms with Crippen molar-refractivity contribution in [3.63, 3.8) is 0 Å². The summed E-state index contributed by atoms with van der Waals surface area (Å²) < 4.78 is 34.9. The highest BCUT2D eigenvalue weighted by atomic mass is 35.5. The Morgan fingerprint density at radius 2 is 0.955 bits per heavy atom. The lowest BCUT2D eigenvalue weighted by Gasteiger charge is -2.37. The highest BCUT2D eigenvalue weighted by molar-refractivity contribution is 6.31. The number of aryl methyl sites for hydroxylation is 1. The zero-order chi connectivity index (χ0) is 63.4. The van der Waals surface area contributed by atoms with Crippen LogP contribution in [0.2, 0.25) is 5.02 Å². The normalized spacial score (nSPS) is 13.0. The van der Waals surface area contributed by atoms with Gasteiger partial charge in [-0.05, 0) is 88.1 Å². The molecule has 5 aromatic carbocycles. The molecule has 3 amide bonds. The zero-order valence-electron chi connectivity index (χ0n) is 53.6. The maximum absolute atomic E-state index is 14.8. The molecule has 0 bridgehead atoms. The number of benzene rings is 5. The van der Waals surface area contributed by atoms with Crippen LogP contribution >= 0.6 is 11.6 Å². The van der Waals surface area contributed by atoms with Gasteiger partial charge in [-0.3, -0.25) is 14.4 Å². The Kier molecular flexibility index (Phi) is 32.3. The molecule has 89 heavy (non-hydrogen) atoms. The number of ether oxygens (including phenoxy) is 6. The smallest absolute Gasteiger partial charge is 0.407 e. The first-order chi connectivity index (χ1) is 43.2. The average Bonchev–Trinajstić information content (AvgIpc) is 1.38. The first-order valence-corrected chi connectivity index (χ1v) is 33.3. The van der Waals surface area contributed by atoms with E-state index in [0.717, 1.165) is 37.7 Å². The highest BCUT2D eigenvalue weighted by Crippen LogP contribution is 2.46. The predicted molar refractivity (Wildman–Crippen MR) is 353 cm³/mol. The van der Waals surface area contributed by atoms with Gasteiger partial charge in [-0.2, -0.15) is 0 Å². The van der Waals surface area contributed by atoms with Gasteiger partial charge in [0.15, 0.2) is 5.60 Å². The summed E-state index contributed by atoms with van der Waals surface area (Å²) in [6.45, 7) is 11.3. The molecule has 484 valence electrons. The van der Waals surface area contributed by atoms with Crippen LogP contribution in [0.3, 0.4) is 0 Å². The van der Waals surface area contributed by atoms with Crippen molar-refractivity contribution in [2.24, 2.45) is 0 Å². The second-order valence-electron chi connectivity index (χ2n) is 24.4. The van der Waals surface area contributed by atoms with Crippen molar-refractivity contribution in [2.75, 3.05) is 59.3 Å². The lowest BCUT2D eigenvalue weighted by Crippen LogP contribution is -2.46. The fourth-order valence-corrected chi connectivity index (χ4v) is 11.6. The molecule has 0 heterocycles. The lowest BCUT2D eigenvalue weighted by molar-refractivity contribution is -0.158. The van der Waals surface area contributed by atoms with E-state index in [4.69, 9.17) is 40.0 Å². The van der Waals surface area contributed by atoms with Gasteiger partial charge in [0, 0.05) is 73.2 Å². The number of halogens is 1. The maximum atomic E-state index is 14.8. The number of nitrogens with one attached hydrogen (secondary N) is 3. The molecule has 5 aromatic rings. The summed E-state index contributed by atoms with van der Waals surface area (Å²) in [7, 11) is 0. The Hall–Kier alpha value is -6.58. The van der Waals surface area contributed by atoms with Crippen molar-refractivity contribution < 1.29 is 52.4 Å². The summed E-state index contributed by atoms with van der Waals surface area (Å²) in [5, 5.41) is 9.14. The second-order valence-corrected chi connectivity index (χ2v) is 24.8. The largest absolute Gasteiger partial charge is 0.460 e. The molecule has 0 radical (unpaired) electrons. The topological polar surface area (TPSA) is 177 Å². The van der Waals surface area contributed by atoms with Crippen LogP contribution in [0.4, 0.5) is 4.79 Å². The molecule has 14 nitrogen and oxygen atoms in total. The standard InChI is InChI=1S/C74H100ClN3O11/c1-57-42-44-59(45-43-57)74(58-32-20-19-21-33-58,65-38-28-29-39-66(65)75)89-71(82)67(78-69(80)40-22-17-15-13-11-9-7-5-6-8-10-12-14-16-18-23-41-70(81)88-73(2,3)4)46-47-68(79)76-48-30-50-84-52-54-86-55-53-85-51-31-49-77-72(83)87-56-64-62-36-26-24-34-60(62)61-35-25-27-37-63(61)64/h19-21,24-29,32-39,42-45,64,67H,5-18,22-23,30-31,40-41,46-56H2,1-4H3,(H,76,79)(H,77,83)(H,78,80)/t67-,74?/m0/s1. The first-order valence-electron chi connectivity index (χ1n) is 33.0. The third-order valence-electron chi connectivity index (χ3n) is 16.0. The van der Waals surface area contributed by atoms with Crippen LogP contribution in [0, 0.1) is 6.92 Å². The molecular formula is C74H100ClN3O11. The minimum atomic E-state index is -1.49. The summed E-state index contributed by atoms with van der Waals surface area (Å²) >= 11 is 6.99. The zero-order valence-corrected chi connectivity index (χ0v) is 54.3. The van der Waals surface area contributed by atoms with Crippen molar-refractivity contribution in [3.05, 3.63) is 166 Å². The number of fused-ring (bicyclic) bond motifs is 3. The number of carbonyl (C=O) groups excluding carboxylic acids is 5. The van der Waals surface area contributed by atoms with Gasteiger partial charge in [-0.1, -0.05) is 228 Å². The van der Waals surface area contributed by atoms with Crippen LogP contribution in [0.15, 0.2) is 127 Å². The van der Waals surface area contributed by atoms with E-state index in [1.54, 1.807) is 6.07 Å². The minimum absolute atomic E-state index is 0.0134. The molecule has 0 spiro atoms. The predicted octanol–water partition coefficient (Wildman–Crippen LogP) is 15.6. The van der Waals surface area contributed by atoms with Gasteiger partial charge in [-0.15, -0.1) is 0 Å². The molecule has 2 atom stereocenters. The summed E-state index contributed by atoms with van der Waals surface area (Å²) in [6.07, 6.45) is 19.7. The van der Waals surface area contributed by atoms with Crippen LogP contribution in [-0.4, -0.2) is 101 Å². The molecule has 6 rings (SSSR count). The number of alkyl carbamates (subject to hydrolysis) is 1. The molecule has 1 unspecified atom stereocenters. The van der Waals surface area contributed by atoms with Crippen LogP contribution < -0.4 is 16.0 Å². The number of amides is 3. The SMILES string of the molecule is Cc1ccc(C(OC(=O)[C@H](CCC(=O)NCCCOCCOCCOCCCNC(=O)OCC2c3ccccc3-c3ccccc32)NC(=O)CCCCCCCCCCCCCCCCCCC(=O)OC(C)(C)C)(c2ccccc2)c2ccccc2Cl)cc1. The van der Waals surface area contributed by atoms with Crippen molar-refractivity contribution in [1.29, 1.82) is 0 Å². The maximum Gasteiger partial charge on any atom is 0.407 e. The number of unbranched alkanes of at least 4 members (excludes halogenated alkanes) is 15. The van der Waals surface area contributed by atoms with E-state index in [-0.39, 0.29) is 49.6 Å². The van der Waals surface area contributed by atoms with E-state index in [0.29, 0.717) is 100 Å². The van der Waals surface area contributed by atoms with Crippen LogP contribution in [0.5, 0.6) is 0 Å². The Bertz CT molecular complexity index is 2830. The van der Waals surface area contributed by atoms with Gasteiger partial charge in [0.05, 0.1) is 26.4 Å². The van der Waals surface area contributed by atoms with Crippen molar-refractivity contribution in [3.8, 4) is 11.1 Å². The number of hydrogen-bond donors (Lipinski definition) is 3.